The predicted octanol–water partition coefficient (Wildman–Crippen LogP) is 1.69. The molecule has 0 spiro atoms. The topological polar surface area (TPSA) is 57.6 Å². The fraction of sp³-hybridized carbons (Fsp3) is 1.00. The zero-order chi connectivity index (χ0) is 10.6. The second-order valence-corrected chi connectivity index (χ2v) is 4.69. The van der Waals surface area contributed by atoms with Gasteiger partial charge in [-0.3, -0.25) is 4.55 Å². The minimum atomic E-state index is -4.05. The van der Waals surface area contributed by atoms with Crippen LogP contribution in [0.1, 0.15) is 40.5 Å². The second-order valence-electron chi connectivity index (χ2n) is 3.37. The average Bonchev–Trinajstić information content (AvgIpc) is 1.96. The van der Waals surface area contributed by atoms with Gasteiger partial charge in [-0.15, -0.1) is 0 Å². The summed E-state index contributed by atoms with van der Waals surface area (Å²) < 4.78 is 32.2. The Morgan fingerprint density at radius 3 is 1.69 bits per heavy atom. The van der Waals surface area contributed by atoms with Crippen molar-refractivity contribution in [2.24, 2.45) is 0 Å². The van der Waals surface area contributed by atoms with Crippen LogP contribution in [-0.2, 0) is 10.3 Å². The van der Waals surface area contributed by atoms with Crippen molar-refractivity contribution < 1.29 is 13.0 Å². The van der Waals surface area contributed by atoms with E-state index in [4.69, 9.17) is 4.55 Å². The molecule has 0 aliphatic rings. The molecule has 0 saturated carbocycles. The molecule has 0 atom stereocenters. The van der Waals surface area contributed by atoms with Crippen LogP contribution in [-0.4, -0.2) is 29.4 Å². The maximum atomic E-state index is 11.0. The van der Waals surface area contributed by atoms with Crippen molar-refractivity contribution in [2.45, 2.75) is 52.6 Å². The summed E-state index contributed by atoms with van der Waals surface area (Å²) in [6, 6.07) is -0.296. The smallest absolute Gasteiger partial charge is 0.273 e. The van der Waals surface area contributed by atoms with Crippen molar-refractivity contribution in [1.82, 2.24) is 4.31 Å². The molecule has 0 aliphatic heterocycles. The Morgan fingerprint density at radius 2 is 1.62 bits per heavy atom. The molecule has 0 aromatic heterocycles. The number of hydrogen-bond acceptors (Lipinski definition) is 2. The summed E-state index contributed by atoms with van der Waals surface area (Å²) in [5, 5.41) is 0. The lowest BCUT2D eigenvalue weighted by atomic mass is 10.1. The lowest BCUT2D eigenvalue weighted by molar-refractivity contribution is 0.234. The van der Waals surface area contributed by atoms with Gasteiger partial charge in [-0.05, 0) is 26.7 Å². The molecule has 1 N–H and O–H groups in total. The highest BCUT2D eigenvalue weighted by atomic mass is 32.2. The first-order chi connectivity index (χ1) is 5.84. The molecule has 0 saturated heterocycles. The molecule has 4 nitrogen and oxygen atoms in total. The quantitative estimate of drug-likeness (QED) is 0.701. The highest BCUT2D eigenvalue weighted by Crippen LogP contribution is 2.15. The molecule has 80 valence electrons. The van der Waals surface area contributed by atoms with Gasteiger partial charge in [0.2, 0.25) is 0 Å². The molecule has 0 heterocycles. The maximum Gasteiger partial charge on any atom is 0.336 e. The highest BCUT2D eigenvalue weighted by molar-refractivity contribution is 7.83. The van der Waals surface area contributed by atoms with Crippen LogP contribution in [0, 0.1) is 0 Å². The summed E-state index contributed by atoms with van der Waals surface area (Å²) in [7, 11) is -4.05. The van der Waals surface area contributed by atoms with Crippen LogP contribution < -0.4 is 0 Å². The molecule has 0 unspecified atom stereocenters. The largest absolute Gasteiger partial charge is 0.336 e. The lowest BCUT2D eigenvalue weighted by Gasteiger charge is -2.29. The molecular formula is C8H19NO3S. The second kappa shape index (κ2) is 4.93. The third kappa shape index (κ3) is 3.62. The van der Waals surface area contributed by atoms with E-state index in [0.29, 0.717) is 12.8 Å². The Labute approximate surface area is 80.8 Å². The first kappa shape index (κ1) is 12.9. The van der Waals surface area contributed by atoms with E-state index in [1.54, 1.807) is 13.8 Å². The van der Waals surface area contributed by atoms with Gasteiger partial charge < -0.3 is 0 Å². The summed E-state index contributed by atoms with van der Waals surface area (Å²) in [4.78, 5) is 0. The Hall–Kier alpha value is -0.130. The van der Waals surface area contributed by atoms with Crippen molar-refractivity contribution >= 4 is 10.3 Å². The van der Waals surface area contributed by atoms with Crippen LogP contribution in [0.25, 0.3) is 0 Å². The van der Waals surface area contributed by atoms with Crippen LogP contribution in [0.4, 0.5) is 0 Å². The van der Waals surface area contributed by atoms with Gasteiger partial charge in [0.05, 0.1) is 0 Å². The van der Waals surface area contributed by atoms with Crippen LogP contribution >= 0.6 is 0 Å². The average molecular weight is 209 g/mol. The van der Waals surface area contributed by atoms with Gasteiger partial charge in [-0.25, -0.2) is 0 Å². The molecule has 0 radical (unpaired) electrons. The zero-order valence-corrected chi connectivity index (χ0v) is 9.50. The van der Waals surface area contributed by atoms with Gasteiger partial charge in [0, 0.05) is 12.1 Å². The molecule has 0 aromatic rings. The Morgan fingerprint density at radius 1 is 1.23 bits per heavy atom. The third-order valence-electron chi connectivity index (χ3n) is 2.08. The van der Waals surface area contributed by atoms with Crippen LogP contribution in [0.15, 0.2) is 0 Å². The van der Waals surface area contributed by atoms with Gasteiger partial charge in [-0.1, -0.05) is 13.8 Å². The molecule has 0 aromatic carbocycles. The number of rotatable bonds is 5. The van der Waals surface area contributed by atoms with E-state index in [9.17, 15) is 8.42 Å². The summed E-state index contributed by atoms with van der Waals surface area (Å²) in [5.41, 5.74) is 0. The van der Waals surface area contributed by atoms with E-state index in [2.05, 4.69) is 0 Å². The van der Waals surface area contributed by atoms with Crippen LogP contribution in [0.2, 0.25) is 0 Å². The number of nitrogens with zero attached hydrogens (tertiary/aromatic N) is 1. The molecule has 0 fully saturated rings. The molecule has 5 heteroatoms. The summed E-state index contributed by atoms with van der Waals surface area (Å²) in [6.07, 6.45) is 1.43. The van der Waals surface area contributed by atoms with E-state index in [1.807, 2.05) is 13.8 Å². The zero-order valence-electron chi connectivity index (χ0n) is 8.69. The number of hydrogen-bond donors (Lipinski definition) is 1. The normalized spacial score (nSPS) is 13.2. The van der Waals surface area contributed by atoms with E-state index in [0.717, 1.165) is 4.31 Å². The molecule has 0 bridgehead atoms. The third-order valence-corrected chi connectivity index (χ3v) is 3.33. The van der Waals surface area contributed by atoms with E-state index in [-0.39, 0.29) is 12.1 Å². The first-order valence-electron chi connectivity index (χ1n) is 4.60. The van der Waals surface area contributed by atoms with Gasteiger partial charge >= 0.3 is 10.3 Å². The highest BCUT2D eigenvalue weighted by Gasteiger charge is 2.28. The van der Waals surface area contributed by atoms with E-state index >= 15 is 0 Å². The predicted molar refractivity (Wildman–Crippen MR) is 52.9 cm³/mol. The van der Waals surface area contributed by atoms with Gasteiger partial charge in [-0.2, -0.15) is 12.7 Å². The fourth-order valence-corrected chi connectivity index (χ4v) is 2.73. The van der Waals surface area contributed by atoms with Crippen LogP contribution in [0.3, 0.4) is 0 Å². The molecule has 0 aliphatic carbocycles. The molecule has 13 heavy (non-hydrogen) atoms. The summed E-state index contributed by atoms with van der Waals surface area (Å²) >= 11 is 0. The van der Waals surface area contributed by atoms with Crippen LogP contribution in [0.5, 0.6) is 0 Å². The van der Waals surface area contributed by atoms with Crippen molar-refractivity contribution in [3.63, 3.8) is 0 Å². The lowest BCUT2D eigenvalue weighted by Crippen LogP contribution is -2.43. The standard InChI is InChI=1S/C8H19NO3S/c1-5-8(6-2)9(7(3)4)13(10,11)12/h7-8H,5-6H2,1-4H3,(H,10,11,12). The minimum Gasteiger partial charge on any atom is -0.273 e. The van der Waals surface area contributed by atoms with Gasteiger partial charge in [0.1, 0.15) is 0 Å². The van der Waals surface area contributed by atoms with Crippen molar-refractivity contribution in [2.75, 3.05) is 0 Å². The Bertz CT molecular complexity index is 232. The van der Waals surface area contributed by atoms with Crippen molar-refractivity contribution in [3.05, 3.63) is 0 Å². The van der Waals surface area contributed by atoms with Gasteiger partial charge in [0.15, 0.2) is 0 Å². The van der Waals surface area contributed by atoms with Gasteiger partial charge in [0.25, 0.3) is 0 Å². The first-order valence-corrected chi connectivity index (χ1v) is 6.00. The molecule has 0 amide bonds. The van der Waals surface area contributed by atoms with Crippen molar-refractivity contribution in [3.8, 4) is 0 Å². The fourth-order valence-electron chi connectivity index (χ4n) is 1.52. The summed E-state index contributed by atoms with van der Waals surface area (Å²) in [5.74, 6) is 0. The van der Waals surface area contributed by atoms with Crippen molar-refractivity contribution in [1.29, 1.82) is 0 Å². The Balaban J connectivity index is 4.81. The molecular weight excluding hydrogens is 190 g/mol. The Kier molecular flexibility index (Phi) is 4.88. The maximum absolute atomic E-state index is 11.0. The van der Waals surface area contributed by atoms with E-state index in [1.165, 1.54) is 0 Å². The minimum absolute atomic E-state index is 0.102. The van der Waals surface area contributed by atoms with E-state index < -0.39 is 10.3 Å². The molecule has 0 rings (SSSR count). The summed E-state index contributed by atoms with van der Waals surface area (Å²) in [6.45, 7) is 7.33. The SMILES string of the molecule is CCC(CC)N(C(C)C)S(=O)(=O)O. The monoisotopic (exact) mass is 209 g/mol.